The van der Waals surface area contributed by atoms with Crippen molar-refractivity contribution in [3.05, 3.63) is 69.2 Å². The molecule has 0 saturated heterocycles. The minimum absolute atomic E-state index is 0.115. The number of aliphatic hydroxyl groups excluding tert-OH is 1. The summed E-state index contributed by atoms with van der Waals surface area (Å²) in [4.78, 5) is 6.32. The number of benzene rings is 2. The number of rotatable bonds is 3. The van der Waals surface area contributed by atoms with E-state index in [0.717, 1.165) is 22.5 Å². The molecule has 0 radical (unpaired) electrons. The maximum absolute atomic E-state index is 10.5. The van der Waals surface area contributed by atoms with E-state index in [1.54, 1.807) is 35.2 Å². The first-order valence-electron chi connectivity index (χ1n) is 8.24. The van der Waals surface area contributed by atoms with Crippen LogP contribution in [-0.2, 0) is 0 Å². The van der Waals surface area contributed by atoms with Crippen molar-refractivity contribution in [1.82, 2.24) is 4.98 Å². The molecule has 1 aliphatic rings. The Labute approximate surface area is 165 Å². The smallest absolute Gasteiger partial charge is 0.139 e. The summed E-state index contributed by atoms with van der Waals surface area (Å²) >= 11 is 7.32. The maximum Gasteiger partial charge on any atom is 0.139 e. The predicted octanol–water partition coefficient (Wildman–Crippen LogP) is 5.24. The van der Waals surface area contributed by atoms with Gasteiger partial charge in [0.15, 0.2) is 0 Å². The molecule has 2 heterocycles. The van der Waals surface area contributed by atoms with Crippen molar-refractivity contribution in [3.63, 3.8) is 0 Å². The van der Waals surface area contributed by atoms with Gasteiger partial charge in [-0.2, -0.15) is 0 Å². The lowest BCUT2D eigenvalue weighted by Gasteiger charge is -2.20. The summed E-state index contributed by atoms with van der Waals surface area (Å²) in [6, 6.07) is 12.4. The average molecular weight is 398 g/mol. The number of thiazole rings is 1. The lowest BCUT2D eigenvalue weighted by molar-refractivity contribution is 0.411. The van der Waals surface area contributed by atoms with E-state index in [-0.39, 0.29) is 23.9 Å². The fourth-order valence-corrected chi connectivity index (χ4v) is 4.12. The molecule has 0 aliphatic carbocycles. The number of aryl methyl sites for hydroxylation is 1. The van der Waals surface area contributed by atoms with E-state index in [0.29, 0.717) is 15.6 Å². The van der Waals surface area contributed by atoms with Gasteiger partial charge in [0, 0.05) is 21.7 Å². The van der Waals surface area contributed by atoms with Crippen LogP contribution in [0.4, 0.5) is 5.69 Å². The van der Waals surface area contributed by atoms with Crippen LogP contribution in [0.2, 0.25) is 5.02 Å². The number of nitrogens with zero attached hydrogens (tertiary/aromatic N) is 2. The fraction of sp³-hybridized carbons (Fsp3) is 0.100. The second-order valence-corrected chi connectivity index (χ2v) is 7.57. The van der Waals surface area contributed by atoms with Crippen molar-refractivity contribution < 1.29 is 10.2 Å². The summed E-state index contributed by atoms with van der Waals surface area (Å²) < 4.78 is 0. The van der Waals surface area contributed by atoms with Crippen LogP contribution >= 0.6 is 22.9 Å². The number of hydrogen-bond acceptors (Lipinski definition) is 5. The fourth-order valence-electron chi connectivity index (χ4n) is 3.09. The van der Waals surface area contributed by atoms with Crippen molar-refractivity contribution >= 4 is 40.0 Å². The molecule has 1 aliphatic heterocycles. The first-order valence-corrected chi connectivity index (χ1v) is 9.50. The van der Waals surface area contributed by atoms with Crippen molar-refractivity contribution in [1.29, 1.82) is 5.41 Å². The second kappa shape index (κ2) is 6.72. The number of hydrogen-bond donors (Lipinski definition) is 3. The Morgan fingerprint density at radius 2 is 1.89 bits per heavy atom. The normalized spacial score (nSPS) is 14.3. The van der Waals surface area contributed by atoms with Crippen molar-refractivity contribution in [3.8, 4) is 17.0 Å². The molecule has 3 aromatic rings. The highest BCUT2D eigenvalue weighted by Gasteiger charge is 2.32. The lowest BCUT2D eigenvalue weighted by atomic mass is 10.1. The first-order chi connectivity index (χ1) is 12.9. The van der Waals surface area contributed by atoms with Crippen LogP contribution in [0.25, 0.3) is 16.8 Å². The van der Waals surface area contributed by atoms with E-state index >= 15 is 0 Å². The highest BCUT2D eigenvalue weighted by molar-refractivity contribution is 7.11. The topological polar surface area (TPSA) is 80.4 Å². The zero-order chi connectivity index (χ0) is 19.1. The summed E-state index contributed by atoms with van der Waals surface area (Å²) in [6.07, 6.45) is 0. The molecule has 0 amide bonds. The van der Waals surface area contributed by atoms with Crippen LogP contribution in [0.5, 0.6) is 5.75 Å². The molecule has 5 nitrogen and oxygen atoms in total. The molecule has 4 rings (SSSR count). The van der Waals surface area contributed by atoms with Gasteiger partial charge in [0.25, 0.3) is 0 Å². The molecule has 0 unspecified atom stereocenters. The van der Waals surface area contributed by atoms with Crippen LogP contribution in [0.1, 0.15) is 10.6 Å². The summed E-state index contributed by atoms with van der Waals surface area (Å²) in [5.74, 6) is 0.481. The summed E-state index contributed by atoms with van der Waals surface area (Å²) in [5.41, 5.74) is 3.74. The number of anilines is 1. The molecule has 0 atom stereocenters. The van der Waals surface area contributed by atoms with Crippen LogP contribution in [0.3, 0.4) is 0 Å². The van der Waals surface area contributed by atoms with Gasteiger partial charge >= 0.3 is 0 Å². The summed E-state index contributed by atoms with van der Waals surface area (Å²) in [7, 11) is 0. The Kier molecular flexibility index (Phi) is 4.37. The number of phenolic OH excluding ortho intramolecular Hbond substituents is 1. The minimum atomic E-state index is 0.115. The van der Waals surface area contributed by atoms with Crippen molar-refractivity contribution in [2.45, 2.75) is 6.92 Å². The Balaban J connectivity index is 1.65. The van der Waals surface area contributed by atoms with Crippen LogP contribution in [0, 0.1) is 12.3 Å². The third-order valence-corrected chi connectivity index (χ3v) is 5.54. The van der Waals surface area contributed by atoms with Gasteiger partial charge in [0.1, 0.15) is 22.4 Å². The van der Waals surface area contributed by atoms with Crippen molar-refractivity contribution in [2.24, 2.45) is 0 Å². The quantitative estimate of drug-likeness (QED) is 0.564. The number of amidine groups is 1. The van der Waals surface area contributed by atoms with Crippen molar-refractivity contribution in [2.75, 3.05) is 11.4 Å². The van der Waals surface area contributed by atoms with Gasteiger partial charge in [-0.15, -0.1) is 11.3 Å². The van der Waals surface area contributed by atoms with Gasteiger partial charge in [-0.3, -0.25) is 5.41 Å². The van der Waals surface area contributed by atoms with E-state index in [9.17, 15) is 10.2 Å². The predicted molar refractivity (Wildman–Crippen MR) is 110 cm³/mol. The molecule has 27 heavy (non-hydrogen) atoms. The zero-order valence-corrected chi connectivity index (χ0v) is 16.0. The van der Waals surface area contributed by atoms with Gasteiger partial charge in [0.2, 0.25) is 0 Å². The number of aromatic nitrogens is 1. The maximum atomic E-state index is 10.5. The van der Waals surface area contributed by atoms with E-state index in [4.69, 9.17) is 17.0 Å². The summed E-state index contributed by atoms with van der Waals surface area (Å²) in [5, 5.41) is 31.8. The minimum Gasteiger partial charge on any atom is -0.510 e. The Hall–Kier alpha value is -2.83. The largest absolute Gasteiger partial charge is 0.510 e. The Morgan fingerprint density at radius 3 is 2.59 bits per heavy atom. The van der Waals surface area contributed by atoms with Crippen LogP contribution in [0.15, 0.2) is 53.6 Å². The molecule has 0 bridgehead atoms. The number of nitrogens with one attached hydrogen (secondary N) is 1. The van der Waals surface area contributed by atoms with Crippen LogP contribution in [-0.4, -0.2) is 27.6 Å². The molecule has 3 N–H and O–H groups in total. The molecule has 136 valence electrons. The summed E-state index contributed by atoms with van der Waals surface area (Å²) in [6.45, 7) is 2.06. The van der Waals surface area contributed by atoms with Gasteiger partial charge in [-0.1, -0.05) is 23.7 Å². The van der Waals surface area contributed by atoms with Gasteiger partial charge < -0.3 is 15.1 Å². The number of phenols is 1. The zero-order valence-electron chi connectivity index (χ0n) is 14.4. The van der Waals surface area contributed by atoms with E-state index in [1.807, 2.05) is 24.4 Å². The van der Waals surface area contributed by atoms with E-state index in [2.05, 4.69) is 4.98 Å². The standard InChI is InChI=1S/C20H16ClN3O2S/c1-11-8-14(25)6-7-16(11)24-9-17(26)18(19(24)22)20-23-15(10-27-20)12-2-4-13(21)5-3-12/h2-8,10,22,25-26H,9H2,1H3. The van der Waals surface area contributed by atoms with Gasteiger partial charge in [-0.25, -0.2) is 4.98 Å². The van der Waals surface area contributed by atoms with Crippen LogP contribution < -0.4 is 4.90 Å². The second-order valence-electron chi connectivity index (χ2n) is 6.27. The van der Waals surface area contributed by atoms with Gasteiger partial charge in [-0.05, 0) is 42.8 Å². The SMILES string of the molecule is Cc1cc(O)ccc1N1CC(O)=C(c2nc(-c3ccc(Cl)cc3)cs2)C1=N. The molecule has 0 saturated carbocycles. The third-order valence-electron chi connectivity index (χ3n) is 4.43. The highest BCUT2D eigenvalue weighted by atomic mass is 35.5. The molecule has 0 spiro atoms. The molecule has 1 aromatic heterocycles. The van der Waals surface area contributed by atoms with E-state index < -0.39 is 0 Å². The third kappa shape index (κ3) is 3.18. The Morgan fingerprint density at radius 1 is 1.15 bits per heavy atom. The van der Waals surface area contributed by atoms with Gasteiger partial charge in [0.05, 0.1) is 17.8 Å². The highest BCUT2D eigenvalue weighted by Crippen LogP contribution is 2.36. The average Bonchev–Trinajstić information content (AvgIpc) is 3.20. The Bertz CT molecular complexity index is 1070. The molecule has 7 heteroatoms. The molecular formula is C20H16ClN3O2S. The monoisotopic (exact) mass is 397 g/mol. The molecule has 2 aromatic carbocycles. The molecule has 0 fully saturated rings. The number of halogens is 1. The van der Waals surface area contributed by atoms with E-state index in [1.165, 1.54) is 11.3 Å². The molecular weight excluding hydrogens is 382 g/mol. The first kappa shape index (κ1) is 17.6. The lowest BCUT2D eigenvalue weighted by Crippen LogP contribution is -2.26. The number of aromatic hydroxyl groups is 1. The number of aliphatic hydroxyl groups is 1.